The van der Waals surface area contributed by atoms with Gasteiger partial charge in [0.05, 0.1) is 11.1 Å². The Kier molecular flexibility index (Phi) is 7.86. The second-order valence-corrected chi connectivity index (χ2v) is 9.57. The van der Waals surface area contributed by atoms with Crippen molar-refractivity contribution in [2.45, 2.75) is 45.1 Å². The molecule has 0 aliphatic carbocycles. The minimum Gasteiger partial charge on any atom is -0.371 e. The van der Waals surface area contributed by atoms with E-state index in [9.17, 15) is 14.9 Å². The van der Waals surface area contributed by atoms with Gasteiger partial charge in [0.2, 0.25) is 0 Å². The lowest BCUT2D eigenvalue weighted by atomic mass is 10.0. The van der Waals surface area contributed by atoms with Crippen molar-refractivity contribution in [2.24, 2.45) is 5.10 Å². The molecule has 2 saturated heterocycles. The van der Waals surface area contributed by atoms with Crippen LogP contribution in [0.2, 0.25) is 0 Å². The predicted molar refractivity (Wildman–Crippen MR) is 144 cm³/mol. The molecule has 2 aliphatic heterocycles. The highest BCUT2D eigenvalue weighted by molar-refractivity contribution is 5.93. The Morgan fingerprint density at radius 1 is 0.974 bits per heavy atom. The summed E-state index contributed by atoms with van der Waals surface area (Å²) >= 11 is 0. The fourth-order valence-corrected chi connectivity index (χ4v) is 5.08. The van der Waals surface area contributed by atoms with Gasteiger partial charge in [0.1, 0.15) is 12.2 Å². The van der Waals surface area contributed by atoms with E-state index in [1.54, 1.807) is 6.07 Å². The standard InChI is InChI=1S/C26H31N9O3/c36-25(19-34-26(29-30-31-34)20-10-4-1-5-11-20)28-27-18-21-16-24(35(37)38)23(33-14-8-3-9-15-33)17-22(21)32-12-6-2-7-13-32/h1,4-5,10-11,16-18H,2-3,6-9,12-15,19H2,(H,28,36)/b27-18+. The molecule has 0 atom stereocenters. The van der Waals surface area contributed by atoms with E-state index in [1.165, 1.54) is 17.3 Å². The Hall–Kier alpha value is -4.35. The number of carbonyl (C=O) groups is 1. The van der Waals surface area contributed by atoms with E-state index < -0.39 is 5.91 Å². The Morgan fingerprint density at radius 3 is 2.29 bits per heavy atom. The fourth-order valence-electron chi connectivity index (χ4n) is 5.08. The lowest BCUT2D eigenvalue weighted by Crippen LogP contribution is -2.32. The van der Waals surface area contributed by atoms with Gasteiger partial charge in [0, 0.05) is 49.1 Å². The zero-order valence-corrected chi connectivity index (χ0v) is 21.2. The van der Waals surface area contributed by atoms with Gasteiger partial charge in [-0.25, -0.2) is 10.1 Å². The number of piperidine rings is 2. The molecule has 0 radical (unpaired) electrons. The van der Waals surface area contributed by atoms with E-state index in [4.69, 9.17) is 0 Å². The number of hydrogen-bond donors (Lipinski definition) is 1. The van der Waals surface area contributed by atoms with Gasteiger partial charge in [0.25, 0.3) is 11.6 Å². The number of nitro benzene ring substituents is 1. The Balaban J connectivity index is 1.37. The van der Waals surface area contributed by atoms with Crippen LogP contribution in [0.4, 0.5) is 17.1 Å². The van der Waals surface area contributed by atoms with Crippen molar-refractivity contribution in [1.82, 2.24) is 25.6 Å². The Morgan fingerprint density at radius 2 is 1.63 bits per heavy atom. The number of nitrogens with zero attached hydrogens (tertiary/aromatic N) is 8. The molecule has 1 amide bonds. The van der Waals surface area contributed by atoms with Gasteiger partial charge in [-0.1, -0.05) is 30.3 Å². The molecule has 0 spiro atoms. The molecule has 1 aromatic heterocycles. The van der Waals surface area contributed by atoms with Crippen LogP contribution < -0.4 is 15.2 Å². The third kappa shape index (κ3) is 5.79. The maximum atomic E-state index is 12.6. The summed E-state index contributed by atoms with van der Waals surface area (Å²) < 4.78 is 1.40. The van der Waals surface area contributed by atoms with Crippen LogP contribution >= 0.6 is 0 Å². The Bertz CT molecular complexity index is 1300. The molecule has 0 bridgehead atoms. The summed E-state index contributed by atoms with van der Waals surface area (Å²) in [4.78, 5) is 28.7. The van der Waals surface area contributed by atoms with Crippen LogP contribution in [0.15, 0.2) is 47.6 Å². The van der Waals surface area contributed by atoms with Crippen molar-refractivity contribution in [3.05, 3.63) is 58.1 Å². The highest BCUT2D eigenvalue weighted by Crippen LogP contribution is 2.37. The highest BCUT2D eigenvalue weighted by atomic mass is 16.6. The molecule has 2 aliphatic rings. The van der Waals surface area contributed by atoms with Crippen molar-refractivity contribution in [2.75, 3.05) is 36.0 Å². The molecule has 12 heteroatoms. The zero-order valence-electron chi connectivity index (χ0n) is 21.2. The first kappa shape index (κ1) is 25.3. The molecule has 5 rings (SSSR count). The Labute approximate surface area is 220 Å². The van der Waals surface area contributed by atoms with E-state index in [0.29, 0.717) is 17.1 Å². The lowest BCUT2D eigenvalue weighted by Gasteiger charge is -2.33. The minimum atomic E-state index is -0.412. The zero-order chi connectivity index (χ0) is 26.3. The molecule has 12 nitrogen and oxygen atoms in total. The number of benzene rings is 2. The van der Waals surface area contributed by atoms with Crippen LogP contribution in [0.3, 0.4) is 0 Å². The lowest BCUT2D eigenvalue weighted by molar-refractivity contribution is -0.384. The number of carbonyl (C=O) groups excluding carboxylic acids is 1. The van der Waals surface area contributed by atoms with Gasteiger partial charge in [-0.15, -0.1) is 5.10 Å². The van der Waals surface area contributed by atoms with Crippen molar-refractivity contribution in [1.29, 1.82) is 0 Å². The first-order chi connectivity index (χ1) is 18.6. The van der Waals surface area contributed by atoms with E-state index in [1.807, 2.05) is 36.4 Å². The van der Waals surface area contributed by atoms with E-state index in [0.717, 1.165) is 69.5 Å². The van der Waals surface area contributed by atoms with E-state index >= 15 is 0 Å². The van der Waals surface area contributed by atoms with Gasteiger partial charge in [-0.3, -0.25) is 14.9 Å². The first-order valence-electron chi connectivity index (χ1n) is 13.1. The van der Waals surface area contributed by atoms with Crippen molar-refractivity contribution >= 4 is 29.2 Å². The van der Waals surface area contributed by atoms with Gasteiger partial charge in [-0.05, 0) is 55.0 Å². The molecule has 3 aromatic rings. The van der Waals surface area contributed by atoms with Crippen molar-refractivity contribution < 1.29 is 9.72 Å². The number of amides is 1. The molecule has 0 unspecified atom stereocenters. The second-order valence-electron chi connectivity index (χ2n) is 9.57. The molecule has 38 heavy (non-hydrogen) atoms. The number of nitrogens with one attached hydrogen (secondary N) is 1. The molecule has 2 fully saturated rings. The van der Waals surface area contributed by atoms with E-state index in [-0.39, 0.29) is 17.2 Å². The fraction of sp³-hybridized carbons (Fsp3) is 0.423. The van der Waals surface area contributed by atoms with Crippen LogP contribution in [0.25, 0.3) is 11.4 Å². The number of hydrazone groups is 1. The van der Waals surface area contributed by atoms with Gasteiger partial charge >= 0.3 is 0 Å². The monoisotopic (exact) mass is 517 g/mol. The van der Waals surface area contributed by atoms with Crippen molar-refractivity contribution in [3.8, 4) is 11.4 Å². The number of tetrazole rings is 1. The molecule has 3 heterocycles. The van der Waals surface area contributed by atoms with E-state index in [2.05, 4.69) is 35.9 Å². The normalized spacial score (nSPS) is 16.1. The third-order valence-corrected chi connectivity index (χ3v) is 6.96. The number of aromatic nitrogens is 4. The largest absolute Gasteiger partial charge is 0.371 e. The summed E-state index contributed by atoms with van der Waals surface area (Å²) in [6.07, 6.45) is 8.00. The molecule has 2 aromatic carbocycles. The highest BCUT2D eigenvalue weighted by Gasteiger charge is 2.26. The molecule has 198 valence electrons. The maximum absolute atomic E-state index is 12.6. The molecular weight excluding hydrogens is 486 g/mol. The summed E-state index contributed by atoms with van der Waals surface area (Å²) in [7, 11) is 0. The summed E-state index contributed by atoms with van der Waals surface area (Å²) in [6.45, 7) is 3.26. The topological polar surface area (TPSA) is 135 Å². The first-order valence-corrected chi connectivity index (χ1v) is 13.1. The van der Waals surface area contributed by atoms with Gasteiger partial charge in [0.15, 0.2) is 5.82 Å². The number of hydrogen-bond acceptors (Lipinski definition) is 9. The molecule has 1 N–H and O–H groups in total. The summed E-state index contributed by atoms with van der Waals surface area (Å²) in [5.41, 5.74) is 5.53. The minimum absolute atomic E-state index is 0.0571. The molecular formula is C26H31N9O3. The maximum Gasteiger partial charge on any atom is 0.293 e. The van der Waals surface area contributed by atoms with Crippen LogP contribution in [-0.2, 0) is 11.3 Å². The number of nitro groups is 1. The van der Waals surface area contributed by atoms with Crippen LogP contribution in [0.5, 0.6) is 0 Å². The van der Waals surface area contributed by atoms with Crippen LogP contribution in [-0.4, -0.2) is 63.4 Å². The van der Waals surface area contributed by atoms with Crippen LogP contribution in [0.1, 0.15) is 44.1 Å². The molecule has 0 saturated carbocycles. The smallest absolute Gasteiger partial charge is 0.293 e. The average Bonchev–Trinajstić information content (AvgIpc) is 3.42. The van der Waals surface area contributed by atoms with Crippen molar-refractivity contribution in [3.63, 3.8) is 0 Å². The summed E-state index contributed by atoms with van der Waals surface area (Å²) in [5, 5.41) is 27.8. The van der Waals surface area contributed by atoms with Crippen LogP contribution in [0, 0.1) is 10.1 Å². The third-order valence-electron chi connectivity index (χ3n) is 6.96. The summed E-state index contributed by atoms with van der Waals surface area (Å²) in [6, 6.07) is 12.9. The second kappa shape index (κ2) is 11.8. The van der Waals surface area contributed by atoms with Gasteiger partial charge in [-0.2, -0.15) is 5.10 Å². The quantitative estimate of drug-likeness (QED) is 0.273. The predicted octanol–water partition coefficient (Wildman–Crippen LogP) is 3.38. The number of anilines is 2. The van der Waals surface area contributed by atoms with Gasteiger partial charge < -0.3 is 9.80 Å². The number of rotatable bonds is 8. The summed E-state index contributed by atoms with van der Waals surface area (Å²) in [5.74, 6) is 0.0609. The average molecular weight is 518 g/mol. The SMILES string of the molecule is O=C(Cn1nnnc1-c1ccccc1)N/N=C/c1cc([N+](=O)[O-])c(N2CCCCC2)cc1N1CCCCC1.